The highest BCUT2D eigenvalue weighted by molar-refractivity contribution is 7.47. The third-order valence-electron chi connectivity index (χ3n) is 13.2. The molecule has 0 amide bonds. The third-order valence-corrected chi connectivity index (χ3v) is 15.1. The first-order valence-corrected chi connectivity index (χ1v) is 38.6. The highest BCUT2D eigenvalue weighted by Crippen LogP contribution is 2.45. The molecule has 0 saturated carbocycles. The summed E-state index contributed by atoms with van der Waals surface area (Å²) in [6.07, 6.45) is 90.2. The van der Waals surface area contributed by atoms with Gasteiger partial charge >= 0.3 is 39.5 Å². The number of rotatable bonds is 63. The molecule has 0 radical (unpaired) electrons. The SMILES string of the molecule is CC/C=C\C/C=C\C/C=C\C/C=C\C/C=C\CC(=O)OCC(COP(=O)(O)OCC(O)COP(=O)(O)OCC(COC(=O)C/C=C\C/C=C\C/C=C\C/C=C\C/C=C\CC)OC(=O)CCCC/C=C\C/C=C\C/C=C\C/C=C\CC)OC(=O)C/C=C\C/C=C\C/C=C\C/C=C\C/C=C\CC. The highest BCUT2D eigenvalue weighted by atomic mass is 31.2. The minimum atomic E-state index is -5.04. The Hall–Kier alpha value is -6.88. The van der Waals surface area contributed by atoms with Crippen molar-refractivity contribution in [3.05, 3.63) is 231 Å². The van der Waals surface area contributed by atoms with E-state index in [0.29, 0.717) is 32.1 Å². The fourth-order valence-corrected chi connectivity index (χ4v) is 9.54. The van der Waals surface area contributed by atoms with E-state index in [2.05, 4.69) is 180 Å². The van der Waals surface area contributed by atoms with E-state index in [4.69, 9.17) is 37.0 Å². The van der Waals surface area contributed by atoms with Crippen molar-refractivity contribution in [2.24, 2.45) is 0 Å². The largest absolute Gasteiger partial charge is 0.472 e. The van der Waals surface area contributed by atoms with E-state index in [-0.39, 0.29) is 25.7 Å². The summed E-state index contributed by atoms with van der Waals surface area (Å²) in [5.74, 6) is -2.71. The summed E-state index contributed by atoms with van der Waals surface area (Å²) in [6, 6.07) is 0. The van der Waals surface area contributed by atoms with Gasteiger partial charge in [-0.2, -0.15) is 0 Å². The van der Waals surface area contributed by atoms with E-state index in [1.54, 1.807) is 36.5 Å². The molecular formula is C81H120O17P2. The Balaban J connectivity index is 5.64. The summed E-state index contributed by atoms with van der Waals surface area (Å²) in [5.41, 5.74) is 0. The average Bonchev–Trinajstić information content (AvgIpc) is 1.01. The summed E-state index contributed by atoms with van der Waals surface area (Å²) < 4.78 is 67.8. The zero-order valence-corrected chi connectivity index (χ0v) is 62.0. The molecule has 0 spiro atoms. The van der Waals surface area contributed by atoms with Crippen LogP contribution in [0.1, 0.15) is 195 Å². The topological polar surface area (TPSA) is 237 Å². The van der Waals surface area contributed by atoms with E-state index in [9.17, 15) is 43.2 Å². The van der Waals surface area contributed by atoms with Crippen molar-refractivity contribution < 1.29 is 80.2 Å². The standard InChI is InChI=1S/C81H120O17P2/c1-5-9-13-17-21-25-29-33-37-41-45-49-53-57-61-65-78(83)91-71-76(97-80(85)67-63-59-55-51-47-43-39-35-31-27-23-19-15-11-7-3)73-95-99(87,88)93-69-75(82)70-94-100(89,90)96-74-77(98-81(86)68-64-60-56-52-48-44-40-36-32-28-24-20-16-12-8-4)72-92-79(84)66-62-58-54-50-46-42-38-34-30-26-22-18-14-10-6-2/h9-16,21-28,33-40,45-52,57-59,61-63,75-77,82H,5-8,17-20,29-32,41-44,53-56,60,64-74H2,1-4H3,(H,87,88)(H,89,90)/b13-9-,14-10-,15-11-,16-12-,25-21-,26-22-,27-23-,28-24-,37-33-,38-34-,39-35-,40-36-,49-45-,50-46-,51-47-,52-48-,61-57-,62-58-,63-59-. The van der Waals surface area contributed by atoms with E-state index in [0.717, 1.165) is 109 Å². The number of hydrogen-bond donors (Lipinski definition) is 3. The number of ether oxygens (including phenoxy) is 4. The van der Waals surface area contributed by atoms with Crippen molar-refractivity contribution in [3.63, 3.8) is 0 Å². The van der Waals surface area contributed by atoms with Gasteiger partial charge in [-0.3, -0.25) is 37.3 Å². The number of allylic oxidation sites excluding steroid dienone is 35. The summed E-state index contributed by atoms with van der Waals surface area (Å²) in [5, 5.41) is 10.6. The Labute approximate surface area is 600 Å². The average molecular weight is 1430 g/mol. The van der Waals surface area contributed by atoms with Gasteiger partial charge in [-0.1, -0.05) is 259 Å². The maximum atomic E-state index is 13.0. The molecule has 0 aliphatic rings. The maximum absolute atomic E-state index is 13.0. The van der Waals surface area contributed by atoms with Crippen LogP contribution in [-0.4, -0.2) is 96.7 Å². The van der Waals surface area contributed by atoms with Gasteiger partial charge in [0.05, 0.1) is 45.7 Å². The quantitative estimate of drug-likeness (QED) is 0.0169. The van der Waals surface area contributed by atoms with Gasteiger partial charge in [0.2, 0.25) is 0 Å². The van der Waals surface area contributed by atoms with Crippen LogP contribution in [0.15, 0.2) is 231 Å². The zero-order chi connectivity index (χ0) is 73.2. The van der Waals surface area contributed by atoms with Gasteiger partial charge in [-0.15, -0.1) is 0 Å². The van der Waals surface area contributed by atoms with Crippen LogP contribution in [0.2, 0.25) is 0 Å². The third kappa shape index (κ3) is 69.6. The molecule has 0 aromatic rings. The molecule has 0 heterocycles. The molecular weight excluding hydrogens is 1310 g/mol. The lowest BCUT2D eigenvalue weighted by atomic mass is 10.2. The fourth-order valence-electron chi connectivity index (χ4n) is 7.96. The van der Waals surface area contributed by atoms with Gasteiger partial charge in [-0.25, -0.2) is 9.13 Å². The lowest BCUT2D eigenvalue weighted by Crippen LogP contribution is -2.30. The van der Waals surface area contributed by atoms with Crippen LogP contribution >= 0.6 is 15.6 Å². The Morgan fingerprint density at radius 3 is 0.800 bits per heavy atom. The molecule has 0 fully saturated rings. The van der Waals surface area contributed by atoms with Gasteiger partial charge < -0.3 is 33.8 Å². The normalized spacial score (nSPS) is 15.3. The molecule has 5 atom stereocenters. The van der Waals surface area contributed by atoms with E-state index < -0.39 is 97.5 Å². The van der Waals surface area contributed by atoms with Crippen molar-refractivity contribution in [1.82, 2.24) is 0 Å². The van der Waals surface area contributed by atoms with E-state index in [1.165, 1.54) is 0 Å². The molecule has 100 heavy (non-hydrogen) atoms. The summed E-state index contributed by atoms with van der Waals surface area (Å²) in [6.45, 7) is 3.92. The van der Waals surface area contributed by atoms with Crippen molar-refractivity contribution in [2.75, 3.05) is 39.6 Å². The van der Waals surface area contributed by atoms with Gasteiger partial charge in [0, 0.05) is 6.42 Å². The number of phosphoric acid groups is 2. The molecule has 17 nitrogen and oxygen atoms in total. The summed E-state index contributed by atoms with van der Waals surface area (Å²) >= 11 is 0. The molecule has 0 bridgehead atoms. The molecule has 19 heteroatoms. The minimum Gasteiger partial charge on any atom is -0.461 e. The van der Waals surface area contributed by atoms with Crippen LogP contribution < -0.4 is 0 Å². The summed E-state index contributed by atoms with van der Waals surface area (Å²) in [7, 11) is -10.1. The molecule has 0 aromatic heterocycles. The molecule has 0 aromatic carbocycles. The number of esters is 4. The number of phosphoric ester groups is 2. The first kappa shape index (κ1) is 93.1. The maximum Gasteiger partial charge on any atom is 0.472 e. The first-order valence-electron chi connectivity index (χ1n) is 35.6. The molecule has 0 saturated heterocycles. The second-order valence-corrected chi connectivity index (χ2v) is 25.3. The Kier molecular flexibility index (Phi) is 65.7. The molecule has 3 N–H and O–H groups in total. The monoisotopic (exact) mass is 1430 g/mol. The van der Waals surface area contributed by atoms with Crippen molar-refractivity contribution >= 4 is 39.5 Å². The van der Waals surface area contributed by atoms with Gasteiger partial charge in [-0.05, 0) is 141 Å². The van der Waals surface area contributed by atoms with Crippen molar-refractivity contribution in [2.45, 2.75) is 213 Å². The number of aliphatic hydroxyl groups is 1. The van der Waals surface area contributed by atoms with Crippen molar-refractivity contribution in [1.29, 1.82) is 0 Å². The van der Waals surface area contributed by atoms with Crippen LogP contribution in [0, 0.1) is 0 Å². The number of carbonyl (C=O) groups excluding carboxylic acids is 4. The van der Waals surface area contributed by atoms with Gasteiger partial charge in [0.15, 0.2) is 12.2 Å². The number of unbranched alkanes of at least 4 members (excludes halogenated alkanes) is 2. The second-order valence-electron chi connectivity index (χ2n) is 22.3. The summed E-state index contributed by atoms with van der Waals surface area (Å²) in [4.78, 5) is 72.5. The first-order chi connectivity index (χ1) is 48.7. The molecule has 556 valence electrons. The van der Waals surface area contributed by atoms with Crippen LogP contribution in [0.3, 0.4) is 0 Å². The smallest absolute Gasteiger partial charge is 0.461 e. The molecule has 5 unspecified atom stereocenters. The predicted octanol–water partition coefficient (Wildman–Crippen LogP) is 20.3. The minimum absolute atomic E-state index is 0.00734. The zero-order valence-electron chi connectivity index (χ0n) is 60.3. The van der Waals surface area contributed by atoms with Crippen molar-refractivity contribution in [3.8, 4) is 0 Å². The van der Waals surface area contributed by atoms with Crippen LogP contribution in [0.5, 0.6) is 0 Å². The second kappa shape index (κ2) is 70.6. The lowest BCUT2D eigenvalue weighted by Gasteiger charge is -2.21. The molecule has 0 aliphatic heterocycles. The fraction of sp³-hybridized carbons (Fsp3) is 0.481. The predicted molar refractivity (Wildman–Crippen MR) is 408 cm³/mol. The van der Waals surface area contributed by atoms with Crippen LogP contribution in [0.4, 0.5) is 0 Å². The Morgan fingerprint density at radius 1 is 0.290 bits per heavy atom. The van der Waals surface area contributed by atoms with Gasteiger partial charge in [0.1, 0.15) is 19.3 Å². The molecule has 0 rings (SSSR count). The Morgan fingerprint density at radius 2 is 0.520 bits per heavy atom. The van der Waals surface area contributed by atoms with Crippen LogP contribution in [0.25, 0.3) is 0 Å². The van der Waals surface area contributed by atoms with E-state index >= 15 is 0 Å². The lowest BCUT2D eigenvalue weighted by molar-refractivity contribution is -0.160. The van der Waals surface area contributed by atoms with Crippen LogP contribution in [-0.2, 0) is 65.4 Å². The Bertz CT molecular complexity index is 2820. The molecule has 0 aliphatic carbocycles. The number of aliphatic hydroxyl groups excluding tert-OH is 1. The number of carbonyl (C=O) groups is 4. The van der Waals surface area contributed by atoms with Gasteiger partial charge in [0.25, 0.3) is 0 Å². The highest BCUT2D eigenvalue weighted by Gasteiger charge is 2.30. The number of hydrogen-bond acceptors (Lipinski definition) is 15. The van der Waals surface area contributed by atoms with E-state index in [1.807, 2.05) is 42.5 Å².